The maximum absolute atomic E-state index is 10.7. The molecule has 0 saturated carbocycles. The highest BCUT2D eigenvalue weighted by atomic mass is 35.5. The largest absolute Gasteiger partial charge is 0.491 e. The molecule has 84 valence electrons. The fourth-order valence-electron chi connectivity index (χ4n) is 1.07. The fourth-order valence-corrected chi connectivity index (χ4v) is 1.07. The van der Waals surface area contributed by atoms with Gasteiger partial charge in [0.05, 0.1) is 11.7 Å². The number of anilines is 1. The number of benzene rings is 1. The molecule has 3 N–H and O–H groups in total. The van der Waals surface area contributed by atoms with Gasteiger partial charge in [0.15, 0.2) is 0 Å². The van der Waals surface area contributed by atoms with Gasteiger partial charge in [-0.25, -0.2) is 4.79 Å². The van der Waals surface area contributed by atoms with Crippen LogP contribution < -0.4 is 10.5 Å². The molecule has 0 amide bonds. The molecule has 15 heavy (non-hydrogen) atoms. The predicted octanol–water partition coefficient (Wildman–Crippen LogP) is 2.18. The molecular formula is C10H14ClNO3. The van der Waals surface area contributed by atoms with Gasteiger partial charge in [-0.3, -0.25) is 0 Å². The number of nitrogen functional groups attached to an aromatic ring is 1. The second-order valence-electron chi connectivity index (χ2n) is 3.22. The van der Waals surface area contributed by atoms with Gasteiger partial charge in [0.2, 0.25) is 0 Å². The van der Waals surface area contributed by atoms with Gasteiger partial charge in [-0.15, -0.1) is 12.4 Å². The van der Waals surface area contributed by atoms with Gasteiger partial charge >= 0.3 is 5.97 Å². The van der Waals surface area contributed by atoms with Crippen LogP contribution in [-0.2, 0) is 0 Å². The van der Waals surface area contributed by atoms with Crippen molar-refractivity contribution in [2.75, 3.05) is 5.73 Å². The average Bonchev–Trinajstić information content (AvgIpc) is 2.07. The Balaban J connectivity index is 0.00000196. The Morgan fingerprint density at radius 2 is 2.07 bits per heavy atom. The van der Waals surface area contributed by atoms with E-state index >= 15 is 0 Å². The minimum absolute atomic E-state index is 0. The number of carbonyl (C=O) groups is 1. The van der Waals surface area contributed by atoms with Crippen LogP contribution in [0.2, 0.25) is 0 Å². The number of ether oxygens (including phenoxy) is 1. The summed E-state index contributed by atoms with van der Waals surface area (Å²) in [5.74, 6) is -0.525. The monoisotopic (exact) mass is 231 g/mol. The van der Waals surface area contributed by atoms with Crippen LogP contribution in [0.5, 0.6) is 5.75 Å². The lowest BCUT2D eigenvalue weighted by Crippen LogP contribution is -2.08. The van der Waals surface area contributed by atoms with Crippen LogP contribution in [0, 0.1) is 0 Å². The minimum atomic E-state index is -1.04. The smallest absolute Gasteiger partial charge is 0.337 e. The number of halogens is 1. The molecule has 0 saturated heterocycles. The summed E-state index contributed by atoms with van der Waals surface area (Å²) in [5, 5.41) is 8.79. The Hall–Kier alpha value is -1.42. The van der Waals surface area contributed by atoms with Crippen LogP contribution in [0.25, 0.3) is 0 Å². The normalized spacial score (nSPS) is 9.53. The highest BCUT2D eigenvalue weighted by molar-refractivity contribution is 5.94. The van der Waals surface area contributed by atoms with Gasteiger partial charge in [-0.1, -0.05) is 0 Å². The van der Waals surface area contributed by atoms with Crippen LogP contribution in [0.15, 0.2) is 18.2 Å². The van der Waals surface area contributed by atoms with Gasteiger partial charge in [-0.2, -0.15) is 0 Å². The summed E-state index contributed by atoms with van der Waals surface area (Å²) >= 11 is 0. The summed E-state index contributed by atoms with van der Waals surface area (Å²) in [6.07, 6.45) is 0.0141. The van der Waals surface area contributed by atoms with Crippen molar-refractivity contribution < 1.29 is 14.6 Å². The molecule has 0 fully saturated rings. The number of rotatable bonds is 3. The lowest BCUT2D eigenvalue weighted by Gasteiger charge is -2.10. The molecule has 0 bridgehead atoms. The van der Waals surface area contributed by atoms with E-state index in [4.69, 9.17) is 15.6 Å². The topological polar surface area (TPSA) is 72.5 Å². The maximum atomic E-state index is 10.7. The Morgan fingerprint density at radius 3 is 2.53 bits per heavy atom. The fraction of sp³-hybridized carbons (Fsp3) is 0.300. The Morgan fingerprint density at radius 1 is 1.47 bits per heavy atom. The number of aromatic carboxylic acids is 1. The molecule has 1 aromatic rings. The summed E-state index contributed by atoms with van der Waals surface area (Å²) in [7, 11) is 0. The second kappa shape index (κ2) is 5.46. The van der Waals surface area contributed by atoms with Gasteiger partial charge in [0.25, 0.3) is 0 Å². The maximum Gasteiger partial charge on any atom is 0.337 e. The van der Waals surface area contributed by atoms with Crippen molar-refractivity contribution in [1.82, 2.24) is 0 Å². The SMILES string of the molecule is CC(C)Oc1ccc(N)c(C(=O)O)c1.Cl. The van der Waals surface area contributed by atoms with Crippen molar-refractivity contribution >= 4 is 24.1 Å². The first kappa shape index (κ1) is 13.6. The molecular weight excluding hydrogens is 218 g/mol. The molecule has 0 aromatic heterocycles. The van der Waals surface area contributed by atoms with Crippen molar-refractivity contribution in [3.8, 4) is 5.75 Å². The van der Waals surface area contributed by atoms with E-state index in [1.807, 2.05) is 13.8 Å². The van der Waals surface area contributed by atoms with E-state index in [-0.39, 0.29) is 29.8 Å². The standard InChI is InChI=1S/C10H13NO3.ClH/c1-6(2)14-7-3-4-9(11)8(5-7)10(12)13;/h3-6H,11H2,1-2H3,(H,12,13);1H. The predicted molar refractivity (Wildman–Crippen MR) is 60.8 cm³/mol. The highest BCUT2D eigenvalue weighted by Crippen LogP contribution is 2.20. The minimum Gasteiger partial charge on any atom is -0.491 e. The Kier molecular flexibility index (Phi) is 4.94. The molecule has 1 rings (SSSR count). The van der Waals surface area contributed by atoms with E-state index in [9.17, 15) is 4.79 Å². The number of hydrogen-bond donors (Lipinski definition) is 2. The van der Waals surface area contributed by atoms with Gasteiger partial charge in [0, 0.05) is 5.69 Å². The van der Waals surface area contributed by atoms with Crippen molar-refractivity contribution in [3.63, 3.8) is 0 Å². The van der Waals surface area contributed by atoms with E-state index in [0.29, 0.717) is 5.75 Å². The van der Waals surface area contributed by atoms with Crippen LogP contribution in [-0.4, -0.2) is 17.2 Å². The molecule has 5 heteroatoms. The Bertz CT molecular complexity index is 353. The molecule has 4 nitrogen and oxygen atoms in total. The van der Waals surface area contributed by atoms with Crippen LogP contribution in [0.3, 0.4) is 0 Å². The first-order valence-corrected chi connectivity index (χ1v) is 4.30. The molecule has 1 aromatic carbocycles. The Labute approximate surface area is 94.5 Å². The van der Waals surface area contributed by atoms with Gasteiger partial charge in [-0.05, 0) is 32.0 Å². The van der Waals surface area contributed by atoms with Crippen molar-refractivity contribution in [3.05, 3.63) is 23.8 Å². The summed E-state index contributed by atoms with van der Waals surface area (Å²) in [6.45, 7) is 3.74. The van der Waals surface area contributed by atoms with Gasteiger partial charge < -0.3 is 15.6 Å². The van der Waals surface area contributed by atoms with Crippen LogP contribution >= 0.6 is 12.4 Å². The number of nitrogens with two attached hydrogens (primary N) is 1. The van der Waals surface area contributed by atoms with Crippen LogP contribution in [0.4, 0.5) is 5.69 Å². The quantitative estimate of drug-likeness (QED) is 0.782. The number of hydrogen-bond acceptors (Lipinski definition) is 3. The average molecular weight is 232 g/mol. The zero-order valence-corrected chi connectivity index (χ0v) is 9.38. The summed E-state index contributed by atoms with van der Waals surface area (Å²) < 4.78 is 5.34. The van der Waals surface area contributed by atoms with Gasteiger partial charge in [0.1, 0.15) is 5.75 Å². The first-order chi connectivity index (χ1) is 6.50. The van der Waals surface area contributed by atoms with Crippen molar-refractivity contribution in [2.45, 2.75) is 20.0 Å². The van der Waals surface area contributed by atoms with E-state index in [1.54, 1.807) is 6.07 Å². The molecule has 0 aliphatic carbocycles. The summed E-state index contributed by atoms with van der Waals surface area (Å²) in [6, 6.07) is 4.61. The summed E-state index contributed by atoms with van der Waals surface area (Å²) in [5.41, 5.74) is 5.80. The molecule has 0 spiro atoms. The van der Waals surface area contributed by atoms with E-state index < -0.39 is 5.97 Å². The summed E-state index contributed by atoms with van der Waals surface area (Å²) in [4.78, 5) is 10.7. The molecule has 0 heterocycles. The highest BCUT2D eigenvalue weighted by Gasteiger charge is 2.09. The molecule has 0 aliphatic heterocycles. The number of carboxylic acid groups (broad SMARTS) is 1. The molecule has 0 unspecified atom stereocenters. The molecule has 0 atom stereocenters. The molecule has 0 aliphatic rings. The zero-order chi connectivity index (χ0) is 10.7. The van der Waals surface area contributed by atoms with E-state index in [2.05, 4.69) is 0 Å². The van der Waals surface area contributed by atoms with Crippen molar-refractivity contribution in [1.29, 1.82) is 0 Å². The van der Waals surface area contributed by atoms with E-state index in [0.717, 1.165) is 0 Å². The van der Waals surface area contributed by atoms with E-state index in [1.165, 1.54) is 12.1 Å². The third-order valence-corrected chi connectivity index (χ3v) is 1.63. The third kappa shape index (κ3) is 3.67. The lowest BCUT2D eigenvalue weighted by molar-refractivity contribution is 0.0697. The number of carboxylic acids is 1. The molecule has 0 radical (unpaired) electrons. The second-order valence-corrected chi connectivity index (χ2v) is 3.22. The van der Waals surface area contributed by atoms with Crippen LogP contribution in [0.1, 0.15) is 24.2 Å². The van der Waals surface area contributed by atoms with Crippen molar-refractivity contribution in [2.24, 2.45) is 0 Å². The first-order valence-electron chi connectivity index (χ1n) is 4.30. The third-order valence-electron chi connectivity index (χ3n) is 1.63. The zero-order valence-electron chi connectivity index (χ0n) is 8.56. The lowest BCUT2D eigenvalue weighted by atomic mass is 10.2.